The number of hydrogen-bond acceptors (Lipinski definition) is 3. The van der Waals surface area contributed by atoms with Crippen LogP contribution in [0, 0.1) is 0 Å². The highest BCUT2D eigenvalue weighted by molar-refractivity contribution is 6.04. The van der Waals surface area contributed by atoms with Crippen molar-refractivity contribution in [2.75, 3.05) is 0 Å². The van der Waals surface area contributed by atoms with Crippen molar-refractivity contribution in [2.24, 2.45) is 0 Å². The summed E-state index contributed by atoms with van der Waals surface area (Å²) in [6.45, 7) is 25.0. The van der Waals surface area contributed by atoms with Gasteiger partial charge in [-0.1, -0.05) is 107 Å². The van der Waals surface area contributed by atoms with Gasteiger partial charge in [0, 0.05) is 0 Å². The molecule has 0 bridgehead atoms. The molecule has 0 atom stereocenters. The maximum atomic E-state index is 13.4. The molecule has 0 fully saturated rings. The van der Waals surface area contributed by atoms with E-state index < -0.39 is 11.9 Å². The van der Waals surface area contributed by atoms with E-state index in [0.717, 1.165) is 22.3 Å². The van der Waals surface area contributed by atoms with Gasteiger partial charge in [0.2, 0.25) is 0 Å². The summed E-state index contributed by atoms with van der Waals surface area (Å²) in [6.07, 6.45) is 0. The van der Waals surface area contributed by atoms with E-state index in [0.29, 0.717) is 11.1 Å². The van der Waals surface area contributed by atoms with Crippen molar-refractivity contribution in [3.8, 4) is 0 Å². The fourth-order valence-corrected chi connectivity index (χ4v) is 3.86. The van der Waals surface area contributed by atoms with Crippen molar-refractivity contribution in [2.45, 2.75) is 105 Å². The van der Waals surface area contributed by atoms with Gasteiger partial charge in [0.15, 0.2) is 0 Å². The Morgan fingerprint density at radius 2 is 0.818 bits per heavy atom. The van der Waals surface area contributed by atoms with Crippen LogP contribution in [0.2, 0.25) is 0 Å². The topological polar surface area (TPSA) is 43.4 Å². The molecule has 0 saturated heterocycles. The van der Waals surface area contributed by atoms with Gasteiger partial charge >= 0.3 is 11.9 Å². The largest absolute Gasteiger partial charge is 0.386 e. The predicted molar refractivity (Wildman–Crippen MR) is 137 cm³/mol. The molecule has 2 aromatic carbocycles. The Balaban J connectivity index is 2.57. The fourth-order valence-electron chi connectivity index (χ4n) is 3.86. The lowest BCUT2D eigenvalue weighted by atomic mass is 9.79. The van der Waals surface area contributed by atoms with Crippen molar-refractivity contribution in [1.82, 2.24) is 0 Å². The standard InChI is InChI=1S/C30H42O3/c1-27(2,3)19-13-15-23(29(7,8)9)21(17-19)25(31)33-26(32)22-18-20(28(4,5)6)14-16-24(22)30(10,11)12/h13-18H,1-12H3. The Hall–Kier alpha value is -2.42. The first-order valence-corrected chi connectivity index (χ1v) is 11.8. The minimum absolute atomic E-state index is 0.129. The molecule has 33 heavy (non-hydrogen) atoms. The number of carbonyl (C=O) groups excluding carboxylic acids is 2. The summed E-state index contributed by atoms with van der Waals surface area (Å²) in [6, 6.07) is 11.9. The normalized spacial score (nSPS) is 13.1. The van der Waals surface area contributed by atoms with Gasteiger partial charge in [-0.05, 0) is 56.0 Å². The van der Waals surface area contributed by atoms with Crippen LogP contribution in [-0.4, -0.2) is 11.9 Å². The zero-order chi connectivity index (χ0) is 25.6. The summed E-state index contributed by atoms with van der Waals surface area (Å²) in [4.78, 5) is 26.7. The lowest BCUT2D eigenvalue weighted by Crippen LogP contribution is -2.24. The predicted octanol–water partition coefficient (Wildman–Crippen LogP) is 7.87. The summed E-state index contributed by atoms with van der Waals surface area (Å²) < 4.78 is 5.55. The number of esters is 2. The molecule has 0 aromatic heterocycles. The first-order valence-electron chi connectivity index (χ1n) is 11.8. The second-order valence-electron chi connectivity index (χ2n) is 13.2. The molecular weight excluding hydrogens is 408 g/mol. The highest BCUT2D eigenvalue weighted by Crippen LogP contribution is 2.33. The molecule has 0 aliphatic heterocycles. The zero-order valence-corrected chi connectivity index (χ0v) is 22.7. The smallest absolute Gasteiger partial charge is 0.346 e. The van der Waals surface area contributed by atoms with E-state index in [9.17, 15) is 9.59 Å². The number of ether oxygens (including phenoxy) is 1. The molecule has 0 radical (unpaired) electrons. The van der Waals surface area contributed by atoms with E-state index in [1.807, 2.05) is 24.3 Å². The lowest BCUT2D eigenvalue weighted by Gasteiger charge is -2.27. The van der Waals surface area contributed by atoms with Crippen molar-refractivity contribution in [3.63, 3.8) is 0 Å². The summed E-state index contributed by atoms with van der Waals surface area (Å²) in [5.41, 5.74) is 3.90. The van der Waals surface area contributed by atoms with E-state index in [2.05, 4.69) is 95.2 Å². The third-order valence-electron chi connectivity index (χ3n) is 6.01. The molecule has 0 amide bonds. The minimum Gasteiger partial charge on any atom is -0.386 e. The molecule has 0 N–H and O–H groups in total. The Labute approximate surface area is 200 Å². The van der Waals surface area contributed by atoms with Crippen molar-refractivity contribution in [3.05, 3.63) is 69.8 Å². The average molecular weight is 451 g/mol. The van der Waals surface area contributed by atoms with Crippen LogP contribution in [0.15, 0.2) is 36.4 Å². The Morgan fingerprint density at radius 1 is 0.515 bits per heavy atom. The molecule has 2 rings (SSSR count). The van der Waals surface area contributed by atoms with Crippen LogP contribution in [0.5, 0.6) is 0 Å². The van der Waals surface area contributed by atoms with E-state index in [1.165, 1.54) is 0 Å². The first-order chi connectivity index (χ1) is 14.7. The molecule has 0 aliphatic rings. The SMILES string of the molecule is CC(C)(C)c1ccc(C(C)(C)C)c(C(=O)OC(=O)c2cc(C(C)(C)C)ccc2C(C)(C)C)c1. The van der Waals surface area contributed by atoms with E-state index in [-0.39, 0.29) is 21.7 Å². The van der Waals surface area contributed by atoms with Crippen molar-refractivity contribution < 1.29 is 14.3 Å². The number of rotatable bonds is 2. The highest BCUT2D eigenvalue weighted by Gasteiger charge is 2.30. The van der Waals surface area contributed by atoms with Gasteiger partial charge in [-0.2, -0.15) is 0 Å². The molecule has 3 nitrogen and oxygen atoms in total. The van der Waals surface area contributed by atoms with Gasteiger partial charge in [0.1, 0.15) is 0 Å². The summed E-state index contributed by atoms with van der Waals surface area (Å²) >= 11 is 0. The van der Waals surface area contributed by atoms with Crippen LogP contribution in [0.1, 0.15) is 126 Å². The molecule has 2 aromatic rings. The molecule has 0 aliphatic carbocycles. The Kier molecular flexibility index (Phi) is 7.11. The maximum Gasteiger partial charge on any atom is 0.346 e. The first kappa shape index (κ1) is 26.8. The van der Waals surface area contributed by atoms with E-state index >= 15 is 0 Å². The summed E-state index contributed by atoms with van der Waals surface area (Å²) in [5, 5.41) is 0. The molecule has 0 saturated carbocycles. The monoisotopic (exact) mass is 450 g/mol. The number of benzene rings is 2. The van der Waals surface area contributed by atoms with Crippen LogP contribution >= 0.6 is 0 Å². The zero-order valence-electron chi connectivity index (χ0n) is 22.7. The third kappa shape index (κ3) is 6.34. The average Bonchev–Trinajstić information content (AvgIpc) is 2.64. The second kappa shape index (κ2) is 8.74. The molecule has 3 heteroatoms. The van der Waals surface area contributed by atoms with Gasteiger partial charge in [-0.25, -0.2) is 9.59 Å². The van der Waals surface area contributed by atoms with Crippen LogP contribution in [0.3, 0.4) is 0 Å². The quantitative estimate of drug-likeness (QED) is 0.345. The minimum atomic E-state index is -0.600. The molecule has 180 valence electrons. The van der Waals surface area contributed by atoms with Crippen LogP contribution in [0.4, 0.5) is 0 Å². The molecule has 0 unspecified atom stereocenters. The highest BCUT2D eigenvalue weighted by atomic mass is 16.6. The summed E-state index contributed by atoms with van der Waals surface area (Å²) in [5.74, 6) is -1.20. The summed E-state index contributed by atoms with van der Waals surface area (Å²) in [7, 11) is 0. The van der Waals surface area contributed by atoms with Crippen LogP contribution < -0.4 is 0 Å². The van der Waals surface area contributed by atoms with Crippen molar-refractivity contribution in [1.29, 1.82) is 0 Å². The van der Waals surface area contributed by atoms with Gasteiger partial charge in [-0.15, -0.1) is 0 Å². The van der Waals surface area contributed by atoms with Gasteiger partial charge in [-0.3, -0.25) is 0 Å². The van der Waals surface area contributed by atoms with Gasteiger partial charge in [0.05, 0.1) is 11.1 Å². The van der Waals surface area contributed by atoms with E-state index in [4.69, 9.17) is 4.74 Å². The number of hydrogen-bond donors (Lipinski definition) is 0. The Bertz CT molecular complexity index is 960. The van der Waals surface area contributed by atoms with Gasteiger partial charge in [0.25, 0.3) is 0 Å². The number of carbonyl (C=O) groups is 2. The third-order valence-corrected chi connectivity index (χ3v) is 6.01. The maximum absolute atomic E-state index is 13.4. The molecule has 0 heterocycles. The van der Waals surface area contributed by atoms with E-state index in [1.54, 1.807) is 0 Å². The molecular formula is C30H42O3. The second-order valence-corrected chi connectivity index (χ2v) is 13.2. The van der Waals surface area contributed by atoms with Crippen LogP contribution in [0.25, 0.3) is 0 Å². The van der Waals surface area contributed by atoms with Crippen molar-refractivity contribution >= 4 is 11.9 Å². The molecule has 0 spiro atoms. The van der Waals surface area contributed by atoms with Gasteiger partial charge < -0.3 is 4.74 Å². The van der Waals surface area contributed by atoms with Crippen LogP contribution in [-0.2, 0) is 26.4 Å². The Morgan fingerprint density at radius 3 is 1.06 bits per heavy atom. The fraction of sp³-hybridized carbons (Fsp3) is 0.533. The lowest BCUT2D eigenvalue weighted by molar-refractivity contribution is 0.0394.